The largest absolute Gasteiger partial charge is 0.378 e. The van der Waals surface area contributed by atoms with Gasteiger partial charge in [0.05, 0.1) is 19.8 Å². The summed E-state index contributed by atoms with van der Waals surface area (Å²) < 4.78 is 20.1. The molecule has 11 heteroatoms. The molecule has 0 spiro atoms. The first-order valence-electron chi connectivity index (χ1n) is 10.8. The zero-order valence-corrected chi connectivity index (χ0v) is 17.5. The van der Waals surface area contributed by atoms with Crippen LogP contribution in [0.1, 0.15) is 30.1 Å². The van der Waals surface area contributed by atoms with Crippen LogP contribution in [0, 0.1) is 5.82 Å². The summed E-state index contributed by atoms with van der Waals surface area (Å²) in [6.07, 6.45) is 1.65. The summed E-state index contributed by atoms with van der Waals surface area (Å²) >= 11 is 0. The summed E-state index contributed by atoms with van der Waals surface area (Å²) in [6, 6.07) is 6.08. The first-order chi connectivity index (χ1) is 15.6. The number of ether oxygens (including phenoxy) is 1. The number of urea groups is 1. The Bertz CT molecular complexity index is 1170. The van der Waals surface area contributed by atoms with Crippen molar-refractivity contribution < 1.29 is 13.9 Å². The Morgan fingerprint density at radius 2 is 1.94 bits per heavy atom. The molecule has 2 aliphatic rings. The van der Waals surface area contributed by atoms with Crippen molar-refractivity contribution in [3.8, 4) is 0 Å². The minimum Gasteiger partial charge on any atom is -0.378 e. The summed E-state index contributed by atoms with van der Waals surface area (Å²) in [7, 11) is 0. The standard InChI is InChI=1S/C21H24FN7O3/c22-16-5-3-14(4-6-16)12-29-19-17(25-26-29)20(30)24-18(23-19)15-2-1-7-28(13-15)21(31)27-8-10-32-11-9-27/h3-6,15H,1-2,7-13H2,(H,23,24,30)/t15-/m0/s1. The van der Waals surface area contributed by atoms with Crippen molar-refractivity contribution in [2.75, 3.05) is 39.4 Å². The number of piperidine rings is 1. The lowest BCUT2D eigenvalue weighted by Gasteiger charge is -2.37. The summed E-state index contributed by atoms with van der Waals surface area (Å²) in [5.41, 5.74) is 1.01. The van der Waals surface area contributed by atoms with E-state index < -0.39 is 0 Å². The minimum absolute atomic E-state index is 0.00411. The van der Waals surface area contributed by atoms with Gasteiger partial charge in [0.2, 0.25) is 0 Å². The van der Waals surface area contributed by atoms with Crippen molar-refractivity contribution in [3.05, 3.63) is 51.8 Å². The molecule has 2 aromatic heterocycles. The Balaban J connectivity index is 1.39. The van der Waals surface area contributed by atoms with Gasteiger partial charge in [0.15, 0.2) is 11.2 Å². The number of nitrogens with zero attached hydrogens (tertiary/aromatic N) is 6. The maximum Gasteiger partial charge on any atom is 0.320 e. The molecule has 5 rings (SSSR count). The van der Waals surface area contributed by atoms with E-state index in [1.54, 1.807) is 16.8 Å². The van der Waals surface area contributed by atoms with Crippen molar-refractivity contribution >= 4 is 17.2 Å². The number of fused-ring (bicyclic) bond motifs is 1. The van der Waals surface area contributed by atoms with Gasteiger partial charge in [-0.05, 0) is 30.5 Å². The lowest BCUT2D eigenvalue weighted by Crippen LogP contribution is -2.50. The fourth-order valence-electron chi connectivity index (χ4n) is 4.27. The van der Waals surface area contributed by atoms with Gasteiger partial charge in [0.25, 0.3) is 5.56 Å². The van der Waals surface area contributed by atoms with Crippen LogP contribution in [-0.4, -0.2) is 80.2 Å². The van der Waals surface area contributed by atoms with Crippen molar-refractivity contribution in [1.82, 2.24) is 34.8 Å². The van der Waals surface area contributed by atoms with E-state index in [1.807, 2.05) is 9.80 Å². The molecule has 32 heavy (non-hydrogen) atoms. The smallest absolute Gasteiger partial charge is 0.320 e. The molecule has 1 N–H and O–H groups in total. The van der Waals surface area contributed by atoms with Gasteiger partial charge < -0.3 is 19.5 Å². The van der Waals surface area contributed by atoms with Gasteiger partial charge >= 0.3 is 6.03 Å². The number of benzene rings is 1. The molecule has 10 nitrogen and oxygen atoms in total. The molecule has 3 aromatic rings. The summed E-state index contributed by atoms with van der Waals surface area (Å²) in [5, 5.41) is 8.04. The van der Waals surface area contributed by atoms with Gasteiger partial charge in [0, 0.05) is 32.1 Å². The Kier molecular flexibility index (Phi) is 5.56. The summed E-state index contributed by atoms with van der Waals surface area (Å²) in [5.74, 6) is 0.132. The second-order valence-electron chi connectivity index (χ2n) is 8.16. The number of rotatable bonds is 3. The van der Waals surface area contributed by atoms with E-state index in [0.717, 1.165) is 18.4 Å². The second kappa shape index (κ2) is 8.65. The summed E-state index contributed by atoms with van der Waals surface area (Å²) in [4.78, 5) is 36.7. The topological polar surface area (TPSA) is 109 Å². The number of aromatic nitrogens is 5. The number of hydrogen-bond donors (Lipinski definition) is 1. The molecule has 4 heterocycles. The zero-order valence-electron chi connectivity index (χ0n) is 17.5. The van der Waals surface area contributed by atoms with E-state index in [2.05, 4.69) is 20.3 Å². The van der Waals surface area contributed by atoms with Crippen molar-refractivity contribution in [2.24, 2.45) is 0 Å². The molecule has 1 aromatic carbocycles. The Morgan fingerprint density at radius 3 is 2.72 bits per heavy atom. The molecule has 0 bridgehead atoms. The van der Waals surface area contributed by atoms with Crippen LogP contribution in [-0.2, 0) is 11.3 Å². The van der Waals surface area contributed by atoms with E-state index in [-0.39, 0.29) is 28.8 Å². The highest BCUT2D eigenvalue weighted by Crippen LogP contribution is 2.25. The molecular formula is C21H24FN7O3. The molecule has 0 saturated carbocycles. The number of hydrogen-bond acceptors (Lipinski definition) is 6. The third-order valence-electron chi connectivity index (χ3n) is 6.00. The predicted molar refractivity (Wildman–Crippen MR) is 113 cm³/mol. The number of likely N-dealkylation sites (tertiary alicyclic amines) is 1. The van der Waals surface area contributed by atoms with Gasteiger partial charge in [-0.3, -0.25) is 4.79 Å². The zero-order chi connectivity index (χ0) is 22.1. The van der Waals surface area contributed by atoms with Crippen LogP contribution < -0.4 is 5.56 Å². The van der Waals surface area contributed by atoms with E-state index in [4.69, 9.17) is 4.74 Å². The highest BCUT2D eigenvalue weighted by molar-refractivity contribution is 5.75. The van der Waals surface area contributed by atoms with Crippen LogP contribution in [0.25, 0.3) is 11.2 Å². The minimum atomic E-state index is -0.355. The molecule has 0 unspecified atom stereocenters. The summed E-state index contributed by atoms with van der Waals surface area (Å²) in [6.45, 7) is 3.79. The van der Waals surface area contributed by atoms with Crippen LogP contribution in [0.2, 0.25) is 0 Å². The van der Waals surface area contributed by atoms with E-state index in [1.165, 1.54) is 12.1 Å². The number of morpholine rings is 1. The van der Waals surface area contributed by atoms with E-state index >= 15 is 0 Å². The Morgan fingerprint density at radius 1 is 1.16 bits per heavy atom. The third kappa shape index (κ3) is 4.07. The first kappa shape index (κ1) is 20.6. The molecular weight excluding hydrogens is 417 g/mol. The predicted octanol–water partition coefficient (Wildman–Crippen LogP) is 1.33. The quantitative estimate of drug-likeness (QED) is 0.657. The number of aromatic amines is 1. The molecule has 0 radical (unpaired) electrons. The molecule has 168 valence electrons. The highest BCUT2D eigenvalue weighted by Gasteiger charge is 2.30. The SMILES string of the molecule is O=C(N1CCOCC1)N1CCC[C@H](c2nc3c(nnn3Cc3ccc(F)cc3)c(=O)[nH]2)C1. The number of nitrogens with one attached hydrogen (secondary N) is 1. The Hall–Kier alpha value is -3.34. The lowest BCUT2D eigenvalue weighted by molar-refractivity contribution is 0.0407. The van der Waals surface area contributed by atoms with E-state index in [0.29, 0.717) is 57.4 Å². The van der Waals surface area contributed by atoms with Crippen LogP contribution in [0.3, 0.4) is 0 Å². The van der Waals surface area contributed by atoms with E-state index in [9.17, 15) is 14.0 Å². The number of carbonyl (C=O) groups excluding carboxylic acids is 1. The fraction of sp³-hybridized carbons (Fsp3) is 0.476. The average molecular weight is 441 g/mol. The molecule has 2 aliphatic heterocycles. The Labute approximate surface area is 183 Å². The fourth-order valence-corrected chi connectivity index (χ4v) is 4.27. The molecule has 1 atom stereocenters. The van der Waals surface area contributed by atoms with Gasteiger partial charge in [-0.25, -0.2) is 18.9 Å². The van der Waals surface area contributed by atoms with Crippen LogP contribution in [0.4, 0.5) is 9.18 Å². The number of amides is 2. The highest BCUT2D eigenvalue weighted by atomic mass is 19.1. The molecule has 2 saturated heterocycles. The van der Waals surface area contributed by atoms with Gasteiger partial charge in [0.1, 0.15) is 11.6 Å². The first-order valence-corrected chi connectivity index (χ1v) is 10.8. The van der Waals surface area contributed by atoms with Crippen molar-refractivity contribution in [3.63, 3.8) is 0 Å². The van der Waals surface area contributed by atoms with Crippen LogP contribution >= 0.6 is 0 Å². The lowest BCUT2D eigenvalue weighted by atomic mass is 9.97. The van der Waals surface area contributed by atoms with Gasteiger partial charge in [-0.2, -0.15) is 0 Å². The van der Waals surface area contributed by atoms with Crippen molar-refractivity contribution in [1.29, 1.82) is 0 Å². The van der Waals surface area contributed by atoms with Crippen LogP contribution in [0.15, 0.2) is 29.1 Å². The molecule has 2 fully saturated rings. The average Bonchev–Trinajstić information content (AvgIpc) is 3.24. The normalized spacial score (nSPS) is 19.5. The number of halogens is 1. The van der Waals surface area contributed by atoms with Crippen molar-refractivity contribution in [2.45, 2.75) is 25.3 Å². The third-order valence-corrected chi connectivity index (χ3v) is 6.00. The molecule has 2 amide bonds. The second-order valence-corrected chi connectivity index (χ2v) is 8.16. The monoisotopic (exact) mass is 441 g/mol. The van der Waals surface area contributed by atoms with Gasteiger partial charge in [-0.15, -0.1) is 5.10 Å². The maximum absolute atomic E-state index is 13.2. The van der Waals surface area contributed by atoms with Gasteiger partial charge in [-0.1, -0.05) is 17.3 Å². The molecule has 0 aliphatic carbocycles. The number of carbonyl (C=O) groups is 1. The maximum atomic E-state index is 13.2. The van der Waals surface area contributed by atoms with Crippen LogP contribution in [0.5, 0.6) is 0 Å². The number of H-pyrrole nitrogens is 1.